The monoisotopic (exact) mass is 191 g/mol. The topological polar surface area (TPSA) is 35.2 Å². The maximum Gasteiger partial charge on any atom is 0.122 e. The molecular weight excluding hydrogens is 174 g/mol. The molecule has 1 atom stereocenters. The zero-order valence-corrected chi connectivity index (χ0v) is 8.62. The van der Waals surface area contributed by atoms with Gasteiger partial charge in [-0.3, -0.25) is 0 Å². The van der Waals surface area contributed by atoms with Gasteiger partial charge in [-0.2, -0.15) is 0 Å². The Labute approximate surface area is 85.1 Å². The zero-order valence-electron chi connectivity index (χ0n) is 8.62. The highest BCUT2D eigenvalue weighted by molar-refractivity contribution is 5.41. The van der Waals surface area contributed by atoms with E-state index in [2.05, 4.69) is 12.1 Å². The lowest BCUT2D eigenvalue weighted by Gasteiger charge is -2.24. The molecule has 2 rings (SSSR count). The van der Waals surface area contributed by atoms with E-state index in [9.17, 15) is 0 Å². The maximum atomic E-state index is 5.70. The summed E-state index contributed by atoms with van der Waals surface area (Å²) in [6.07, 6.45) is 3.42. The van der Waals surface area contributed by atoms with Crippen molar-refractivity contribution in [1.29, 1.82) is 0 Å². The summed E-state index contributed by atoms with van der Waals surface area (Å²) in [7, 11) is 1.74. The smallest absolute Gasteiger partial charge is 0.122 e. The molecule has 0 heterocycles. The second-order valence-electron chi connectivity index (χ2n) is 3.94. The van der Waals surface area contributed by atoms with Crippen LogP contribution in [0.25, 0.3) is 0 Å². The van der Waals surface area contributed by atoms with Crippen LogP contribution in [0.15, 0.2) is 18.2 Å². The number of methoxy groups -OCH3 is 1. The predicted octanol–water partition coefficient (Wildman–Crippen LogP) is 1.76. The van der Waals surface area contributed by atoms with Crippen molar-refractivity contribution >= 4 is 0 Å². The van der Waals surface area contributed by atoms with E-state index >= 15 is 0 Å². The largest absolute Gasteiger partial charge is 0.496 e. The molecule has 0 spiro atoms. The van der Waals surface area contributed by atoms with E-state index in [1.165, 1.54) is 17.5 Å². The third kappa shape index (κ3) is 1.62. The Bertz CT molecular complexity index is 322. The molecule has 0 fully saturated rings. The van der Waals surface area contributed by atoms with Crippen molar-refractivity contribution in [2.24, 2.45) is 11.7 Å². The molecule has 0 aliphatic heterocycles. The summed E-state index contributed by atoms with van der Waals surface area (Å²) < 4.78 is 5.35. The Morgan fingerprint density at radius 1 is 1.50 bits per heavy atom. The number of fused-ring (bicyclic) bond motifs is 1. The first-order valence-electron chi connectivity index (χ1n) is 5.20. The van der Waals surface area contributed by atoms with E-state index in [0.29, 0.717) is 5.92 Å². The zero-order chi connectivity index (χ0) is 9.97. The fraction of sp³-hybridized carbons (Fsp3) is 0.500. The molecule has 0 bridgehead atoms. The SMILES string of the molecule is COc1cccc2c1CCC(CN)C2. The fourth-order valence-corrected chi connectivity index (χ4v) is 2.24. The molecule has 2 N–H and O–H groups in total. The number of ether oxygens (including phenoxy) is 1. The van der Waals surface area contributed by atoms with Gasteiger partial charge in [-0.15, -0.1) is 0 Å². The number of hydrogen-bond donors (Lipinski definition) is 1. The molecule has 1 aromatic carbocycles. The Kier molecular flexibility index (Phi) is 2.73. The molecule has 0 saturated heterocycles. The highest BCUT2D eigenvalue weighted by Crippen LogP contribution is 2.31. The van der Waals surface area contributed by atoms with Crippen LogP contribution in [0.5, 0.6) is 5.75 Å². The number of benzene rings is 1. The Morgan fingerprint density at radius 2 is 2.36 bits per heavy atom. The minimum atomic E-state index is 0.662. The molecular formula is C12H17NO. The molecule has 2 nitrogen and oxygen atoms in total. The molecule has 1 aliphatic carbocycles. The van der Waals surface area contributed by atoms with Crippen molar-refractivity contribution in [2.75, 3.05) is 13.7 Å². The van der Waals surface area contributed by atoms with Crippen molar-refractivity contribution in [3.8, 4) is 5.75 Å². The molecule has 0 saturated carbocycles. The lowest BCUT2D eigenvalue weighted by molar-refractivity contribution is 0.396. The summed E-state index contributed by atoms with van der Waals surface area (Å²) >= 11 is 0. The molecule has 0 amide bonds. The van der Waals surface area contributed by atoms with Gasteiger partial charge in [0, 0.05) is 0 Å². The van der Waals surface area contributed by atoms with E-state index in [4.69, 9.17) is 10.5 Å². The van der Waals surface area contributed by atoms with Crippen molar-refractivity contribution < 1.29 is 4.74 Å². The standard InChI is InChI=1S/C12H17NO/c1-14-12-4-2-3-10-7-9(8-13)5-6-11(10)12/h2-4,9H,5-8,13H2,1H3. The summed E-state index contributed by atoms with van der Waals surface area (Å²) in [4.78, 5) is 0. The molecule has 0 aromatic heterocycles. The first-order chi connectivity index (χ1) is 6.85. The van der Waals surface area contributed by atoms with Crippen molar-refractivity contribution in [2.45, 2.75) is 19.3 Å². The van der Waals surface area contributed by atoms with E-state index < -0.39 is 0 Å². The normalized spacial score (nSPS) is 20.3. The molecule has 0 radical (unpaired) electrons. The van der Waals surface area contributed by atoms with Crippen LogP contribution in [0.4, 0.5) is 0 Å². The third-order valence-corrected chi connectivity index (χ3v) is 3.09. The quantitative estimate of drug-likeness (QED) is 0.773. The van der Waals surface area contributed by atoms with Crippen LogP contribution in [0.3, 0.4) is 0 Å². The molecule has 2 heteroatoms. The van der Waals surface area contributed by atoms with E-state index in [-0.39, 0.29) is 0 Å². The van der Waals surface area contributed by atoms with Gasteiger partial charge in [0.15, 0.2) is 0 Å². The maximum absolute atomic E-state index is 5.70. The molecule has 1 unspecified atom stereocenters. The van der Waals surface area contributed by atoms with Crippen LogP contribution < -0.4 is 10.5 Å². The Hall–Kier alpha value is -1.02. The second kappa shape index (κ2) is 4.01. The van der Waals surface area contributed by atoms with Crippen LogP contribution >= 0.6 is 0 Å². The number of rotatable bonds is 2. The lowest BCUT2D eigenvalue weighted by Crippen LogP contribution is -2.22. The minimum Gasteiger partial charge on any atom is -0.496 e. The van der Waals surface area contributed by atoms with Crippen LogP contribution in [0, 0.1) is 5.92 Å². The second-order valence-corrected chi connectivity index (χ2v) is 3.94. The summed E-state index contributed by atoms with van der Waals surface area (Å²) in [6.45, 7) is 0.802. The molecule has 1 aromatic rings. The van der Waals surface area contributed by atoms with Crippen LogP contribution in [-0.4, -0.2) is 13.7 Å². The fourth-order valence-electron chi connectivity index (χ4n) is 2.24. The van der Waals surface area contributed by atoms with Crippen molar-refractivity contribution in [1.82, 2.24) is 0 Å². The van der Waals surface area contributed by atoms with Gasteiger partial charge in [-0.25, -0.2) is 0 Å². The minimum absolute atomic E-state index is 0.662. The number of hydrogen-bond acceptors (Lipinski definition) is 2. The van der Waals surface area contributed by atoms with Gasteiger partial charge in [0.2, 0.25) is 0 Å². The Morgan fingerprint density at radius 3 is 3.07 bits per heavy atom. The van der Waals surface area contributed by atoms with Gasteiger partial charge in [-0.1, -0.05) is 12.1 Å². The third-order valence-electron chi connectivity index (χ3n) is 3.09. The molecule has 76 valence electrons. The summed E-state index contributed by atoms with van der Waals surface area (Å²) in [5.41, 5.74) is 8.51. The van der Waals surface area contributed by atoms with Gasteiger partial charge in [0.1, 0.15) is 5.75 Å². The first-order valence-corrected chi connectivity index (χ1v) is 5.20. The molecule has 1 aliphatic rings. The van der Waals surface area contributed by atoms with Gasteiger partial charge >= 0.3 is 0 Å². The number of nitrogens with two attached hydrogens (primary N) is 1. The van der Waals surface area contributed by atoms with E-state index in [1.807, 2.05) is 6.07 Å². The summed E-state index contributed by atoms with van der Waals surface area (Å²) in [5, 5.41) is 0. The average Bonchev–Trinajstić information content (AvgIpc) is 2.27. The summed E-state index contributed by atoms with van der Waals surface area (Å²) in [5.74, 6) is 1.70. The van der Waals surface area contributed by atoms with Crippen LogP contribution in [-0.2, 0) is 12.8 Å². The first kappa shape index (κ1) is 9.53. The van der Waals surface area contributed by atoms with Crippen LogP contribution in [0.2, 0.25) is 0 Å². The molecule has 14 heavy (non-hydrogen) atoms. The van der Waals surface area contributed by atoms with Gasteiger partial charge < -0.3 is 10.5 Å². The van der Waals surface area contributed by atoms with Crippen LogP contribution in [0.1, 0.15) is 17.5 Å². The van der Waals surface area contributed by atoms with Gasteiger partial charge in [0.25, 0.3) is 0 Å². The highest BCUT2D eigenvalue weighted by Gasteiger charge is 2.19. The summed E-state index contributed by atoms with van der Waals surface area (Å²) in [6, 6.07) is 6.30. The average molecular weight is 191 g/mol. The predicted molar refractivity (Wildman–Crippen MR) is 57.6 cm³/mol. The lowest BCUT2D eigenvalue weighted by atomic mass is 9.83. The van der Waals surface area contributed by atoms with E-state index in [0.717, 1.165) is 25.1 Å². The highest BCUT2D eigenvalue weighted by atomic mass is 16.5. The van der Waals surface area contributed by atoms with Gasteiger partial charge in [-0.05, 0) is 48.9 Å². The van der Waals surface area contributed by atoms with Gasteiger partial charge in [0.05, 0.1) is 7.11 Å². The Balaban J connectivity index is 2.30. The van der Waals surface area contributed by atoms with Crippen molar-refractivity contribution in [3.05, 3.63) is 29.3 Å². The van der Waals surface area contributed by atoms with Crippen molar-refractivity contribution in [3.63, 3.8) is 0 Å². The van der Waals surface area contributed by atoms with E-state index in [1.54, 1.807) is 7.11 Å².